The van der Waals surface area contributed by atoms with Crippen LogP contribution < -0.4 is 46.3 Å². The van der Waals surface area contributed by atoms with Crippen LogP contribution in [0.2, 0.25) is 10.0 Å². The second-order valence-electron chi connectivity index (χ2n) is 13.0. The summed E-state index contributed by atoms with van der Waals surface area (Å²) in [5.74, 6) is 0.238. The van der Waals surface area contributed by atoms with Crippen LogP contribution in [0, 0.1) is 13.8 Å². The standard InChI is InChI=1S/C38H38Cl2N6O9S2/c1-21-27-17-31(39)35(19-33(27)54-37(47)29(21)15-23-5-3-7-25(13-23)45-56(49,50)43-11-9-41)53-36-20-34-28(18-32(36)40)22(2)30(38(48)55-34)16-24-6-4-8-26(14-24)46-57(51,52)44-12-10-42/h3-8,13-14,17-20,43-46H,9-12,15-16,41-42H2,1-2H3. The predicted molar refractivity (Wildman–Crippen MR) is 222 cm³/mol. The van der Waals surface area contributed by atoms with Crippen molar-refractivity contribution in [3.8, 4) is 11.5 Å². The fraction of sp³-hybridized carbons (Fsp3) is 0.211. The molecule has 0 aliphatic rings. The molecule has 0 saturated carbocycles. The molecule has 8 N–H and O–H groups in total. The Bertz CT molecular complexity index is 2660. The van der Waals surface area contributed by atoms with E-state index in [-0.39, 0.29) is 71.7 Å². The first-order valence-electron chi connectivity index (χ1n) is 17.4. The smallest absolute Gasteiger partial charge is 0.340 e. The number of anilines is 2. The number of fused-ring (bicyclic) bond motifs is 2. The largest absolute Gasteiger partial charge is 0.454 e. The van der Waals surface area contributed by atoms with Gasteiger partial charge in [0.2, 0.25) is 0 Å². The third kappa shape index (κ3) is 9.95. The maximum absolute atomic E-state index is 13.3. The Morgan fingerprint density at radius 1 is 0.632 bits per heavy atom. The highest BCUT2D eigenvalue weighted by atomic mass is 35.5. The van der Waals surface area contributed by atoms with Crippen molar-refractivity contribution >= 4 is 76.9 Å². The van der Waals surface area contributed by atoms with E-state index in [9.17, 15) is 26.4 Å². The van der Waals surface area contributed by atoms with Crippen molar-refractivity contribution in [1.29, 1.82) is 0 Å². The second kappa shape index (κ2) is 17.3. The van der Waals surface area contributed by atoms with Crippen LogP contribution in [0.5, 0.6) is 11.5 Å². The van der Waals surface area contributed by atoms with Crippen molar-refractivity contribution in [3.63, 3.8) is 0 Å². The van der Waals surface area contributed by atoms with Gasteiger partial charge in [-0.3, -0.25) is 9.44 Å². The molecule has 300 valence electrons. The second-order valence-corrected chi connectivity index (χ2v) is 16.8. The van der Waals surface area contributed by atoms with Crippen molar-refractivity contribution in [1.82, 2.24) is 9.44 Å². The minimum atomic E-state index is -3.84. The van der Waals surface area contributed by atoms with Gasteiger partial charge in [0.1, 0.15) is 22.7 Å². The lowest BCUT2D eigenvalue weighted by molar-refractivity contribution is 0.478. The Hall–Kier alpha value is -4.98. The normalized spacial score (nSPS) is 12.0. The molecular weight excluding hydrogens is 819 g/mol. The van der Waals surface area contributed by atoms with E-state index in [1.165, 1.54) is 12.1 Å². The molecular formula is C38H38Cl2N6O9S2. The number of hydrogen-bond acceptors (Lipinski definition) is 11. The van der Waals surface area contributed by atoms with Crippen LogP contribution in [0.4, 0.5) is 11.4 Å². The van der Waals surface area contributed by atoms with Crippen LogP contribution in [0.15, 0.2) is 91.2 Å². The average molecular weight is 858 g/mol. The van der Waals surface area contributed by atoms with E-state index in [1.807, 2.05) is 0 Å². The molecule has 0 radical (unpaired) electrons. The summed E-state index contributed by atoms with van der Waals surface area (Å²) in [6.45, 7) is 3.93. The van der Waals surface area contributed by atoms with Gasteiger partial charge in [-0.2, -0.15) is 26.3 Å². The molecule has 0 unspecified atom stereocenters. The molecule has 0 fully saturated rings. The molecule has 0 saturated heterocycles. The van der Waals surface area contributed by atoms with Crippen molar-refractivity contribution in [2.45, 2.75) is 26.7 Å². The topological polar surface area (TPSA) is 238 Å². The van der Waals surface area contributed by atoms with Gasteiger partial charge in [-0.1, -0.05) is 47.5 Å². The number of halogens is 2. The van der Waals surface area contributed by atoms with Crippen molar-refractivity contribution in [2.75, 3.05) is 35.6 Å². The summed E-state index contributed by atoms with van der Waals surface area (Å²) < 4.78 is 76.2. The van der Waals surface area contributed by atoms with Gasteiger partial charge >= 0.3 is 11.3 Å². The summed E-state index contributed by atoms with van der Waals surface area (Å²) in [6.07, 6.45) is 0.290. The van der Waals surface area contributed by atoms with Gasteiger partial charge in [0.15, 0.2) is 0 Å². The van der Waals surface area contributed by atoms with E-state index in [2.05, 4.69) is 18.9 Å². The summed E-state index contributed by atoms with van der Waals surface area (Å²) in [5.41, 5.74) is 13.8. The number of nitrogens with two attached hydrogens (primary N) is 2. The maximum Gasteiger partial charge on any atom is 0.340 e. The molecule has 0 aliphatic carbocycles. The first-order valence-corrected chi connectivity index (χ1v) is 21.1. The third-order valence-electron chi connectivity index (χ3n) is 8.89. The van der Waals surface area contributed by atoms with Gasteiger partial charge in [0, 0.05) is 73.1 Å². The van der Waals surface area contributed by atoms with Crippen LogP contribution in [-0.4, -0.2) is 43.0 Å². The lowest BCUT2D eigenvalue weighted by Gasteiger charge is -2.14. The van der Waals surface area contributed by atoms with E-state index in [1.54, 1.807) is 74.5 Å². The van der Waals surface area contributed by atoms with Gasteiger partial charge in [0.25, 0.3) is 20.4 Å². The van der Waals surface area contributed by atoms with Gasteiger partial charge in [-0.05, 0) is 72.5 Å². The number of hydrogen-bond donors (Lipinski definition) is 6. The zero-order valence-corrected chi connectivity index (χ0v) is 33.7. The number of rotatable bonds is 16. The van der Waals surface area contributed by atoms with Crippen molar-refractivity contribution < 1.29 is 30.4 Å². The molecule has 2 heterocycles. The third-order valence-corrected chi connectivity index (χ3v) is 11.7. The van der Waals surface area contributed by atoms with E-state index in [0.29, 0.717) is 55.5 Å². The summed E-state index contributed by atoms with van der Waals surface area (Å²) in [4.78, 5) is 26.6. The predicted octanol–water partition coefficient (Wildman–Crippen LogP) is 5.21. The number of ether oxygens (including phenoxy) is 1. The fourth-order valence-corrected chi connectivity index (χ4v) is 8.33. The van der Waals surface area contributed by atoms with E-state index in [0.717, 1.165) is 0 Å². The monoisotopic (exact) mass is 856 g/mol. The lowest BCUT2D eigenvalue weighted by Crippen LogP contribution is -2.33. The summed E-state index contributed by atoms with van der Waals surface area (Å²) in [7, 11) is -7.67. The molecule has 0 aliphatic heterocycles. The minimum absolute atomic E-state index is 0.0703. The van der Waals surface area contributed by atoms with Crippen molar-refractivity contribution in [2.24, 2.45) is 11.5 Å². The zero-order valence-electron chi connectivity index (χ0n) is 30.6. The number of nitrogens with one attached hydrogen (secondary N) is 4. The highest BCUT2D eigenvalue weighted by Gasteiger charge is 2.20. The molecule has 4 aromatic carbocycles. The molecule has 0 bridgehead atoms. The maximum atomic E-state index is 13.3. The van der Waals surface area contributed by atoms with E-state index in [4.69, 9.17) is 48.2 Å². The van der Waals surface area contributed by atoms with Crippen molar-refractivity contribution in [3.05, 3.63) is 137 Å². The lowest BCUT2D eigenvalue weighted by atomic mass is 9.99. The average Bonchev–Trinajstić information content (AvgIpc) is 3.15. The molecule has 6 rings (SSSR count). The molecule has 15 nitrogen and oxygen atoms in total. The van der Waals surface area contributed by atoms with Crippen LogP contribution in [0.25, 0.3) is 21.9 Å². The number of benzene rings is 4. The molecule has 0 atom stereocenters. The molecule has 0 amide bonds. The van der Waals surface area contributed by atoms with Gasteiger partial charge in [0.05, 0.1) is 21.4 Å². The molecule has 6 aromatic rings. The molecule has 0 spiro atoms. The number of aryl methyl sites for hydroxylation is 2. The SMILES string of the molecule is Cc1c(Cc2cccc(NS(=O)(=O)NCCN)c2)c(=O)oc2cc(Oc3cc4oc(=O)c(Cc5cccc(NS(=O)(=O)NCCN)c5)c(C)c4cc3Cl)c(Cl)cc12. The summed E-state index contributed by atoms with van der Waals surface area (Å²) >= 11 is 13.4. The molecule has 57 heavy (non-hydrogen) atoms. The van der Waals surface area contributed by atoms with E-state index >= 15 is 0 Å². The summed E-state index contributed by atoms with van der Waals surface area (Å²) in [6, 6.07) is 19.4. The Morgan fingerprint density at radius 2 is 1.04 bits per heavy atom. The Morgan fingerprint density at radius 3 is 1.42 bits per heavy atom. The fourth-order valence-electron chi connectivity index (χ4n) is 6.13. The van der Waals surface area contributed by atoms with Crippen LogP contribution in [-0.2, 0) is 33.3 Å². The quantitative estimate of drug-likeness (QED) is 0.0691. The Kier molecular flexibility index (Phi) is 12.6. The highest BCUT2D eigenvalue weighted by molar-refractivity contribution is 7.91. The van der Waals surface area contributed by atoms with Gasteiger partial charge in [-0.25, -0.2) is 9.59 Å². The van der Waals surface area contributed by atoms with Crippen LogP contribution in [0.1, 0.15) is 33.4 Å². The molecule has 19 heteroatoms. The van der Waals surface area contributed by atoms with Gasteiger partial charge < -0.3 is 25.0 Å². The highest BCUT2D eigenvalue weighted by Crippen LogP contribution is 2.39. The Labute approximate surface area is 337 Å². The van der Waals surface area contributed by atoms with Crippen LogP contribution in [0.3, 0.4) is 0 Å². The Balaban J connectivity index is 1.24. The van der Waals surface area contributed by atoms with E-state index < -0.39 is 31.7 Å². The molecule has 2 aromatic heterocycles. The minimum Gasteiger partial charge on any atom is -0.454 e. The van der Waals surface area contributed by atoms with Crippen LogP contribution >= 0.6 is 23.2 Å². The first-order chi connectivity index (χ1) is 27.1. The van der Waals surface area contributed by atoms with Gasteiger partial charge in [-0.15, -0.1) is 0 Å². The zero-order chi connectivity index (χ0) is 41.1. The first kappa shape index (κ1) is 41.6. The summed E-state index contributed by atoms with van der Waals surface area (Å²) in [5, 5.41) is 1.45.